The number of piperazine rings is 1. The number of halogens is 1. The van der Waals surface area contributed by atoms with Gasteiger partial charge in [0.15, 0.2) is 0 Å². The van der Waals surface area contributed by atoms with Gasteiger partial charge >= 0.3 is 5.97 Å². The zero-order valence-corrected chi connectivity index (χ0v) is 21.6. The van der Waals surface area contributed by atoms with Crippen LogP contribution in [0, 0.1) is 5.82 Å². The van der Waals surface area contributed by atoms with Crippen molar-refractivity contribution in [2.75, 3.05) is 37.6 Å². The monoisotopic (exact) mass is 488 g/mol. The van der Waals surface area contributed by atoms with Crippen LogP contribution in [0.15, 0.2) is 78.9 Å². The maximum Gasteiger partial charge on any atom is 0.316 e. The molecule has 0 saturated carbocycles. The number of ether oxygens (including phenoxy) is 1. The number of hydrogen-bond donors (Lipinski definition) is 0. The first-order valence-corrected chi connectivity index (χ1v) is 13.0. The van der Waals surface area contributed by atoms with Crippen molar-refractivity contribution < 1.29 is 13.9 Å². The molecule has 4 rings (SSSR count). The standard InChI is InChI=1S/C31H37FN2O2/c1-24(2)36-30(35)31(3,26-10-5-4-6-11-26)18-9-19-33-20-22-34(23-21-33)27-16-14-25(15-17-27)28-12-7-8-13-29(28)32/h4-8,10-17,24H,9,18-23H2,1-3H3. The third kappa shape index (κ3) is 6.14. The minimum absolute atomic E-state index is 0.130. The smallest absolute Gasteiger partial charge is 0.316 e. The third-order valence-electron chi connectivity index (χ3n) is 7.14. The normalized spacial score (nSPS) is 16.1. The zero-order valence-electron chi connectivity index (χ0n) is 21.6. The summed E-state index contributed by atoms with van der Waals surface area (Å²) < 4.78 is 19.7. The molecule has 0 spiro atoms. The second-order valence-corrected chi connectivity index (χ2v) is 10.1. The fourth-order valence-electron chi connectivity index (χ4n) is 4.95. The Morgan fingerprint density at radius 1 is 0.917 bits per heavy atom. The highest BCUT2D eigenvalue weighted by molar-refractivity contribution is 5.82. The topological polar surface area (TPSA) is 32.8 Å². The fraction of sp³-hybridized carbons (Fsp3) is 0.387. The molecule has 1 heterocycles. The number of hydrogen-bond acceptors (Lipinski definition) is 4. The molecule has 1 saturated heterocycles. The Morgan fingerprint density at radius 3 is 2.19 bits per heavy atom. The first kappa shape index (κ1) is 25.9. The van der Waals surface area contributed by atoms with Crippen molar-refractivity contribution in [1.29, 1.82) is 0 Å². The highest BCUT2D eigenvalue weighted by atomic mass is 19.1. The molecule has 0 aliphatic carbocycles. The molecule has 5 heteroatoms. The Balaban J connectivity index is 1.30. The van der Waals surface area contributed by atoms with Crippen LogP contribution in [0.3, 0.4) is 0 Å². The van der Waals surface area contributed by atoms with Gasteiger partial charge < -0.3 is 9.64 Å². The summed E-state index contributed by atoms with van der Waals surface area (Å²) in [5.74, 6) is -0.341. The van der Waals surface area contributed by atoms with Crippen LogP contribution in [0.1, 0.15) is 39.2 Å². The quantitative estimate of drug-likeness (QED) is 0.331. The van der Waals surface area contributed by atoms with E-state index in [4.69, 9.17) is 4.74 Å². The number of benzene rings is 3. The van der Waals surface area contributed by atoms with Gasteiger partial charge in [-0.05, 0) is 69.5 Å². The second-order valence-electron chi connectivity index (χ2n) is 10.1. The molecule has 1 aliphatic heterocycles. The molecule has 36 heavy (non-hydrogen) atoms. The van der Waals surface area contributed by atoms with E-state index in [0.29, 0.717) is 5.56 Å². The predicted molar refractivity (Wildman–Crippen MR) is 145 cm³/mol. The Bertz CT molecular complexity index is 1120. The van der Waals surface area contributed by atoms with E-state index in [1.807, 2.05) is 75.4 Å². The van der Waals surface area contributed by atoms with E-state index < -0.39 is 5.41 Å². The molecule has 3 aromatic rings. The van der Waals surface area contributed by atoms with Gasteiger partial charge in [-0.2, -0.15) is 0 Å². The van der Waals surface area contributed by atoms with Crippen LogP contribution in [0.5, 0.6) is 0 Å². The van der Waals surface area contributed by atoms with E-state index in [0.717, 1.165) is 56.7 Å². The molecule has 1 unspecified atom stereocenters. The van der Waals surface area contributed by atoms with E-state index >= 15 is 0 Å². The lowest BCUT2D eigenvalue weighted by atomic mass is 9.78. The molecular weight excluding hydrogens is 451 g/mol. The molecule has 0 aromatic heterocycles. The molecule has 0 radical (unpaired) electrons. The maximum atomic E-state index is 14.1. The summed E-state index contributed by atoms with van der Waals surface area (Å²) in [6, 6.07) is 25.1. The molecule has 0 amide bonds. The van der Waals surface area contributed by atoms with Crippen LogP contribution in [-0.4, -0.2) is 49.7 Å². The van der Waals surface area contributed by atoms with Gasteiger partial charge in [0.25, 0.3) is 0 Å². The largest absolute Gasteiger partial charge is 0.462 e. The van der Waals surface area contributed by atoms with Gasteiger partial charge in [0, 0.05) is 37.4 Å². The minimum Gasteiger partial charge on any atom is -0.462 e. The van der Waals surface area contributed by atoms with E-state index in [9.17, 15) is 9.18 Å². The molecular formula is C31H37FN2O2. The third-order valence-corrected chi connectivity index (χ3v) is 7.14. The second kappa shape index (κ2) is 11.7. The SMILES string of the molecule is CC(C)OC(=O)C(C)(CCCN1CCN(c2ccc(-c3ccccc3F)cc2)CC1)c1ccccc1. The van der Waals surface area contributed by atoms with Crippen molar-refractivity contribution in [3.63, 3.8) is 0 Å². The van der Waals surface area contributed by atoms with Gasteiger partial charge in [0.1, 0.15) is 5.82 Å². The first-order chi connectivity index (χ1) is 17.4. The van der Waals surface area contributed by atoms with Crippen molar-refractivity contribution in [3.8, 4) is 11.1 Å². The van der Waals surface area contributed by atoms with Crippen LogP contribution >= 0.6 is 0 Å². The maximum absolute atomic E-state index is 14.1. The lowest BCUT2D eigenvalue weighted by Crippen LogP contribution is -2.47. The number of nitrogens with zero attached hydrogens (tertiary/aromatic N) is 2. The average Bonchev–Trinajstić information content (AvgIpc) is 2.89. The molecule has 1 fully saturated rings. The van der Waals surface area contributed by atoms with Gasteiger partial charge in [0.2, 0.25) is 0 Å². The average molecular weight is 489 g/mol. The molecule has 0 N–H and O–H groups in total. The van der Waals surface area contributed by atoms with Crippen LogP contribution in [-0.2, 0) is 14.9 Å². The summed E-state index contributed by atoms with van der Waals surface area (Å²) in [5, 5.41) is 0. The molecule has 4 nitrogen and oxygen atoms in total. The summed E-state index contributed by atoms with van der Waals surface area (Å²) in [4.78, 5) is 17.9. The van der Waals surface area contributed by atoms with E-state index in [-0.39, 0.29) is 17.9 Å². The first-order valence-electron chi connectivity index (χ1n) is 13.0. The Kier molecular flexibility index (Phi) is 8.42. The van der Waals surface area contributed by atoms with Crippen LogP contribution in [0.2, 0.25) is 0 Å². The van der Waals surface area contributed by atoms with Crippen LogP contribution < -0.4 is 4.90 Å². The number of carbonyl (C=O) groups is 1. The van der Waals surface area contributed by atoms with Crippen LogP contribution in [0.4, 0.5) is 10.1 Å². The van der Waals surface area contributed by atoms with Crippen molar-refractivity contribution in [1.82, 2.24) is 4.90 Å². The van der Waals surface area contributed by atoms with E-state index in [1.165, 1.54) is 11.8 Å². The van der Waals surface area contributed by atoms with Crippen molar-refractivity contribution in [3.05, 3.63) is 90.2 Å². The van der Waals surface area contributed by atoms with Gasteiger partial charge in [-0.3, -0.25) is 9.69 Å². The zero-order chi connectivity index (χ0) is 25.5. The van der Waals surface area contributed by atoms with Crippen molar-refractivity contribution in [2.45, 2.75) is 45.1 Å². The highest BCUT2D eigenvalue weighted by Crippen LogP contribution is 2.32. The van der Waals surface area contributed by atoms with Gasteiger partial charge in [-0.15, -0.1) is 0 Å². The summed E-state index contributed by atoms with van der Waals surface area (Å²) in [5.41, 5.74) is 3.07. The van der Waals surface area contributed by atoms with Crippen LogP contribution in [0.25, 0.3) is 11.1 Å². The van der Waals surface area contributed by atoms with Crippen molar-refractivity contribution >= 4 is 11.7 Å². The molecule has 1 aliphatic rings. The van der Waals surface area contributed by atoms with Crippen molar-refractivity contribution in [2.24, 2.45) is 0 Å². The number of anilines is 1. The van der Waals surface area contributed by atoms with Gasteiger partial charge in [-0.1, -0.05) is 60.7 Å². The number of esters is 1. The lowest BCUT2D eigenvalue weighted by molar-refractivity contribution is -0.154. The summed E-state index contributed by atoms with van der Waals surface area (Å²) in [6.07, 6.45) is 1.55. The fourth-order valence-corrected chi connectivity index (χ4v) is 4.95. The molecule has 1 atom stereocenters. The number of rotatable bonds is 9. The minimum atomic E-state index is -0.646. The summed E-state index contributed by atoms with van der Waals surface area (Å²) >= 11 is 0. The Hall–Kier alpha value is -3.18. The highest BCUT2D eigenvalue weighted by Gasteiger charge is 2.37. The molecule has 0 bridgehead atoms. The van der Waals surface area contributed by atoms with Gasteiger partial charge in [-0.25, -0.2) is 4.39 Å². The Morgan fingerprint density at radius 2 is 1.56 bits per heavy atom. The Labute approximate surface area is 214 Å². The molecule has 190 valence electrons. The number of carbonyl (C=O) groups excluding carboxylic acids is 1. The predicted octanol–water partition coefficient (Wildman–Crippen LogP) is 6.30. The summed E-state index contributed by atoms with van der Waals surface area (Å²) in [7, 11) is 0. The molecule has 3 aromatic carbocycles. The van der Waals surface area contributed by atoms with E-state index in [1.54, 1.807) is 6.07 Å². The lowest BCUT2D eigenvalue weighted by Gasteiger charge is -2.37. The summed E-state index contributed by atoms with van der Waals surface area (Å²) in [6.45, 7) is 10.6. The van der Waals surface area contributed by atoms with Gasteiger partial charge in [0.05, 0.1) is 11.5 Å². The van der Waals surface area contributed by atoms with E-state index in [2.05, 4.69) is 21.9 Å².